The Balaban J connectivity index is 2.32. The molecule has 1 N–H and O–H groups in total. The van der Waals surface area contributed by atoms with Crippen molar-refractivity contribution < 1.29 is 14.6 Å². The molecule has 0 spiro atoms. The maximum atomic E-state index is 11.5. The number of ether oxygens (including phenoxy) is 1. The highest BCUT2D eigenvalue weighted by Crippen LogP contribution is 2.31. The fraction of sp³-hybridized carbons (Fsp3) is 0.211. The van der Waals surface area contributed by atoms with Gasteiger partial charge in [-0.3, -0.25) is 4.57 Å². The molecule has 1 aromatic heterocycles. The lowest BCUT2D eigenvalue weighted by atomic mass is 10.1. The molecule has 1 atom stereocenters. The van der Waals surface area contributed by atoms with Gasteiger partial charge in [0, 0.05) is 5.69 Å². The summed E-state index contributed by atoms with van der Waals surface area (Å²) in [4.78, 5) is 11.5. The Labute approximate surface area is 156 Å². The lowest BCUT2D eigenvalue weighted by molar-refractivity contribution is -0.140. The van der Waals surface area contributed by atoms with Crippen LogP contribution in [0.2, 0.25) is 0 Å². The van der Waals surface area contributed by atoms with Crippen LogP contribution in [-0.4, -0.2) is 32.5 Å². The average molecular weight is 369 g/mol. The Bertz CT molecular complexity index is 1010. The monoisotopic (exact) mass is 369 g/mol. The van der Waals surface area contributed by atoms with Crippen LogP contribution in [0.5, 0.6) is 5.75 Å². The summed E-state index contributed by atoms with van der Waals surface area (Å²) in [6.07, 6.45) is 0. The van der Waals surface area contributed by atoms with E-state index in [1.807, 2.05) is 55.5 Å². The van der Waals surface area contributed by atoms with E-state index in [1.54, 1.807) is 18.6 Å². The number of rotatable bonds is 5. The molecule has 134 valence electrons. The van der Waals surface area contributed by atoms with Crippen LogP contribution < -0.4 is 4.74 Å². The molecule has 0 aliphatic rings. The lowest BCUT2D eigenvalue weighted by Gasteiger charge is -2.10. The first-order chi connectivity index (χ1) is 12.4. The number of aromatic nitrogens is 3. The van der Waals surface area contributed by atoms with Crippen molar-refractivity contribution in [2.75, 3.05) is 7.11 Å². The van der Waals surface area contributed by atoms with E-state index in [-0.39, 0.29) is 0 Å². The molecule has 0 bridgehead atoms. The largest absolute Gasteiger partial charge is 0.496 e. The molecule has 0 amide bonds. The number of benzene rings is 2. The summed E-state index contributed by atoms with van der Waals surface area (Å²) in [6.45, 7) is 3.55. The average Bonchev–Trinajstić information content (AvgIpc) is 2.98. The predicted octanol–water partition coefficient (Wildman–Crippen LogP) is 4.03. The molecule has 3 aromatic rings. The number of hydrogen-bond donors (Lipinski definition) is 1. The fourth-order valence-electron chi connectivity index (χ4n) is 2.67. The quantitative estimate of drug-likeness (QED) is 0.688. The zero-order chi connectivity index (χ0) is 18.8. The van der Waals surface area contributed by atoms with Crippen LogP contribution >= 0.6 is 12.2 Å². The van der Waals surface area contributed by atoms with Gasteiger partial charge in [-0.1, -0.05) is 29.8 Å². The molecule has 6 nitrogen and oxygen atoms in total. The summed E-state index contributed by atoms with van der Waals surface area (Å²) in [5, 5.41) is 13.9. The van der Waals surface area contributed by atoms with E-state index >= 15 is 0 Å². The molecule has 0 fully saturated rings. The molecule has 1 unspecified atom stereocenters. The zero-order valence-corrected chi connectivity index (χ0v) is 15.5. The highest BCUT2D eigenvalue weighted by Gasteiger charge is 2.23. The van der Waals surface area contributed by atoms with Crippen molar-refractivity contribution in [1.29, 1.82) is 0 Å². The number of aryl methyl sites for hydroxylation is 1. The number of carboxylic acids is 1. The maximum absolute atomic E-state index is 11.5. The summed E-state index contributed by atoms with van der Waals surface area (Å²) in [5.74, 6) is 0.168. The van der Waals surface area contributed by atoms with Crippen LogP contribution in [0.15, 0.2) is 48.5 Å². The van der Waals surface area contributed by atoms with Gasteiger partial charge < -0.3 is 9.84 Å². The molecule has 0 saturated heterocycles. The molecule has 0 saturated carbocycles. The van der Waals surface area contributed by atoms with Gasteiger partial charge >= 0.3 is 5.97 Å². The van der Waals surface area contributed by atoms with Gasteiger partial charge in [0.2, 0.25) is 4.77 Å². The first-order valence-corrected chi connectivity index (χ1v) is 8.49. The Kier molecular flexibility index (Phi) is 4.90. The minimum absolute atomic E-state index is 0.310. The Morgan fingerprint density at radius 1 is 1.19 bits per heavy atom. The van der Waals surface area contributed by atoms with E-state index in [0.29, 0.717) is 16.3 Å². The van der Waals surface area contributed by atoms with Gasteiger partial charge in [0.25, 0.3) is 0 Å². The molecular formula is C19H19N3O3S. The van der Waals surface area contributed by atoms with Gasteiger partial charge in [-0.05, 0) is 50.3 Å². The first-order valence-electron chi connectivity index (χ1n) is 8.09. The van der Waals surface area contributed by atoms with Gasteiger partial charge in [0.15, 0.2) is 5.82 Å². The molecule has 1 heterocycles. The van der Waals surface area contributed by atoms with E-state index in [4.69, 9.17) is 17.0 Å². The van der Waals surface area contributed by atoms with Crippen molar-refractivity contribution in [3.63, 3.8) is 0 Å². The van der Waals surface area contributed by atoms with Crippen LogP contribution in [-0.2, 0) is 4.79 Å². The van der Waals surface area contributed by atoms with Crippen molar-refractivity contribution in [2.45, 2.75) is 19.9 Å². The smallest absolute Gasteiger partial charge is 0.328 e. The lowest BCUT2D eigenvalue weighted by Crippen LogP contribution is -2.17. The summed E-state index contributed by atoms with van der Waals surface area (Å²) in [6, 6.07) is 14.4. The van der Waals surface area contributed by atoms with Crippen molar-refractivity contribution in [3.05, 3.63) is 58.9 Å². The van der Waals surface area contributed by atoms with E-state index in [1.165, 1.54) is 4.68 Å². The number of carbonyl (C=O) groups is 1. The second-order valence-corrected chi connectivity index (χ2v) is 6.30. The highest BCUT2D eigenvalue weighted by molar-refractivity contribution is 7.71. The van der Waals surface area contributed by atoms with Crippen LogP contribution in [0.1, 0.15) is 18.5 Å². The zero-order valence-electron chi connectivity index (χ0n) is 14.7. The molecule has 3 rings (SSSR count). The van der Waals surface area contributed by atoms with Gasteiger partial charge in [-0.15, -0.1) is 0 Å². The van der Waals surface area contributed by atoms with E-state index < -0.39 is 12.0 Å². The van der Waals surface area contributed by atoms with Crippen LogP contribution in [0.3, 0.4) is 0 Å². The molecule has 26 heavy (non-hydrogen) atoms. The molecule has 7 heteroatoms. The third-order valence-electron chi connectivity index (χ3n) is 4.17. The Morgan fingerprint density at radius 3 is 2.46 bits per heavy atom. The van der Waals surface area contributed by atoms with E-state index in [0.717, 1.165) is 16.8 Å². The van der Waals surface area contributed by atoms with Crippen molar-refractivity contribution in [2.24, 2.45) is 0 Å². The number of carboxylic acid groups (broad SMARTS) is 1. The van der Waals surface area contributed by atoms with Gasteiger partial charge in [0.1, 0.15) is 11.8 Å². The van der Waals surface area contributed by atoms with Crippen molar-refractivity contribution in [3.8, 4) is 22.8 Å². The SMILES string of the molecule is COc1ccccc1-c1nn(C(C)C(=O)O)c(=S)n1-c1ccc(C)cc1. The molecule has 2 aromatic carbocycles. The first kappa shape index (κ1) is 17.9. The predicted molar refractivity (Wildman–Crippen MR) is 101 cm³/mol. The van der Waals surface area contributed by atoms with Crippen LogP contribution in [0.4, 0.5) is 0 Å². The Hall–Kier alpha value is -2.93. The second-order valence-electron chi connectivity index (χ2n) is 5.94. The molecule has 0 aliphatic carbocycles. The molecule has 0 radical (unpaired) electrons. The van der Waals surface area contributed by atoms with Crippen LogP contribution in [0, 0.1) is 11.7 Å². The summed E-state index contributed by atoms with van der Waals surface area (Å²) < 4.78 is 8.88. The number of methoxy groups -OCH3 is 1. The topological polar surface area (TPSA) is 69.3 Å². The van der Waals surface area contributed by atoms with Gasteiger partial charge in [0.05, 0.1) is 12.7 Å². The minimum Gasteiger partial charge on any atom is -0.496 e. The third-order valence-corrected chi connectivity index (χ3v) is 4.54. The summed E-state index contributed by atoms with van der Waals surface area (Å²) in [7, 11) is 1.58. The van der Waals surface area contributed by atoms with Crippen molar-refractivity contribution in [1.82, 2.24) is 14.3 Å². The maximum Gasteiger partial charge on any atom is 0.328 e. The summed E-state index contributed by atoms with van der Waals surface area (Å²) in [5.41, 5.74) is 2.66. The second kappa shape index (κ2) is 7.13. The highest BCUT2D eigenvalue weighted by atomic mass is 32.1. The summed E-state index contributed by atoms with van der Waals surface area (Å²) >= 11 is 5.56. The fourth-order valence-corrected chi connectivity index (χ4v) is 3.06. The van der Waals surface area contributed by atoms with Crippen molar-refractivity contribution >= 4 is 18.2 Å². The number of aliphatic carboxylic acids is 1. The number of nitrogens with zero attached hydrogens (tertiary/aromatic N) is 3. The van der Waals surface area contributed by atoms with Gasteiger partial charge in [-0.2, -0.15) is 5.10 Å². The number of hydrogen-bond acceptors (Lipinski definition) is 4. The third kappa shape index (κ3) is 3.13. The minimum atomic E-state index is -0.999. The number of para-hydroxylation sites is 1. The van der Waals surface area contributed by atoms with Gasteiger partial charge in [-0.25, -0.2) is 9.48 Å². The Morgan fingerprint density at radius 2 is 1.85 bits per heavy atom. The van der Waals surface area contributed by atoms with Crippen LogP contribution in [0.25, 0.3) is 17.1 Å². The van der Waals surface area contributed by atoms with E-state index in [2.05, 4.69) is 5.10 Å². The standard InChI is InChI=1S/C19H19N3O3S/c1-12-8-10-14(11-9-12)21-17(15-6-4-5-7-16(15)25-3)20-22(19(21)26)13(2)18(23)24/h4-11,13H,1-3H3,(H,23,24). The molecule has 0 aliphatic heterocycles. The normalized spacial score (nSPS) is 12.0. The molecular weight excluding hydrogens is 350 g/mol. The van der Waals surface area contributed by atoms with E-state index in [9.17, 15) is 9.90 Å².